The van der Waals surface area contributed by atoms with Gasteiger partial charge >= 0.3 is 0 Å². The highest BCUT2D eigenvalue weighted by molar-refractivity contribution is 5.38. The summed E-state index contributed by atoms with van der Waals surface area (Å²) < 4.78 is 1.46. The number of anilines is 2. The van der Waals surface area contributed by atoms with Gasteiger partial charge in [-0.15, -0.1) is 5.10 Å². The zero-order valence-electron chi connectivity index (χ0n) is 6.75. The van der Waals surface area contributed by atoms with Crippen LogP contribution in [-0.2, 0) is 0 Å². The minimum absolute atomic E-state index is 0.161. The van der Waals surface area contributed by atoms with Crippen LogP contribution in [0.2, 0.25) is 0 Å². The molecule has 0 bridgehead atoms. The van der Waals surface area contributed by atoms with E-state index in [1.54, 1.807) is 24.5 Å². The Morgan fingerprint density at radius 3 is 2.38 bits per heavy atom. The van der Waals surface area contributed by atoms with Crippen molar-refractivity contribution in [3.8, 4) is 5.69 Å². The normalized spacial score (nSPS) is 10.2. The fourth-order valence-corrected chi connectivity index (χ4v) is 1.02. The van der Waals surface area contributed by atoms with Gasteiger partial charge in [0, 0.05) is 12.4 Å². The van der Waals surface area contributed by atoms with Crippen molar-refractivity contribution < 1.29 is 0 Å². The van der Waals surface area contributed by atoms with E-state index in [-0.39, 0.29) is 11.9 Å². The molecule has 0 spiro atoms. The van der Waals surface area contributed by atoms with E-state index in [0.717, 1.165) is 5.69 Å². The molecule has 6 heteroatoms. The largest absolute Gasteiger partial charge is 0.368 e. The van der Waals surface area contributed by atoms with Crippen molar-refractivity contribution in [1.29, 1.82) is 0 Å². The molecule has 0 atom stereocenters. The molecule has 0 aromatic carbocycles. The molecular formula is C7H8N6. The fraction of sp³-hybridized carbons (Fsp3) is 0. The van der Waals surface area contributed by atoms with Gasteiger partial charge in [-0.25, -0.2) is 0 Å². The number of pyridine rings is 1. The van der Waals surface area contributed by atoms with Crippen LogP contribution >= 0.6 is 0 Å². The molecule has 0 saturated carbocycles. The summed E-state index contributed by atoms with van der Waals surface area (Å²) >= 11 is 0. The van der Waals surface area contributed by atoms with Crippen LogP contribution in [0, 0.1) is 0 Å². The monoisotopic (exact) mass is 176 g/mol. The van der Waals surface area contributed by atoms with Crippen LogP contribution in [0.15, 0.2) is 24.5 Å². The Bertz CT molecular complexity index is 406. The summed E-state index contributed by atoms with van der Waals surface area (Å²) in [6.45, 7) is 0. The molecule has 0 fully saturated rings. The number of nitrogens with two attached hydrogens (primary N) is 2. The van der Waals surface area contributed by atoms with Crippen LogP contribution in [0.4, 0.5) is 11.9 Å². The lowest BCUT2D eigenvalue weighted by atomic mass is 10.4. The lowest BCUT2D eigenvalue weighted by molar-refractivity contribution is 0.892. The van der Waals surface area contributed by atoms with Gasteiger partial charge in [-0.2, -0.15) is 9.67 Å². The smallest absolute Gasteiger partial charge is 0.241 e. The predicted octanol–water partition coefficient (Wildman–Crippen LogP) is -0.173. The van der Waals surface area contributed by atoms with Crippen molar-refractivity contribution in [2.75, 3.05) is 11.5 Å². The highest BCUT2D eigenvalue weighted by atomic mass is 15.4. The standard InChI is InChI=1S/C7H8N6/c8-6-11-7(9)13(12-6)5-1-3-10-4-2-5/h1-4H,(H4,8,9,11,12). The van der Waals surface area contributed by atoms with Crippen molar-refractivity contribution >= 4 is 11.9 Å². The van der Waals surface area contributed by atoms with E-state index in [1.807, 2.05) is 0 Å². The fourth-order valence-electron chi connectivity index (χ4n) is 1.02. The number of aromatic nitrogens is 4. The first-order chi connectivity index (χ1) is 6.27. The maximum atomic E-state index is 5.56. The zero-order chi connectivity index (χ0) is 9.26. The van der Waals surface area contributed by atoms with E-state index < -0.39 is 0 Å². The summed E-state index contributed by atoms with van der Waals surface area (Å²) in [5, 5.41) is 3.91. The van der Waals surface area contributed by atoms with Gasteiger partial charge in [-0.1, -0.05) is 0 Å². The van der Waals surface area contributed by atoms with Crippen LogP contribution in [0.5, 0.6) is 0 Å². The van der Waals surface area contributed by atoms with Crippen molar-refractivity contribution in [2.24, 2.45) is 0 Å². The number of rotatable bonds is 1. The average molecular weight is 176 g/mol. The van der Waals surface area contributed by atoms with Crippen LogP contribution in [0.1, 0.15) is 0 Å². The van der Waals surface area contributed by atoms with Crippen LogP contribution < -0.4 is 11.5 Å². The van der Waals surface area contributed by atoms with Crippen molar-refractivity contribution in [3.05, 3.63) is 24.5 Å². The number of nitrogen functional groups attached to an aromatic ring is 2. The van der Waals surface area contributed by atoms with Gasteiger partial charge in [0.25, 0.3) is 0 Å². The third kappa shape index (κ3) is 1.28. The molecular weight excluding hydrogens is 168 g/mol. The molecule has 4 N–H and O–H groups in total. The highest BCUT2D eigenvalue weighted by Crippen LogP contribution is 2.09. The summed E-state index contributed by atoms with van der Waals surface area (Å²) in [6.07, 6.45) is 3.29. The van der Waals surface area contributed by atoms with Gasteiger partial charge in [-0.3, -0.25) is 4.98 Å². The first kappa shape index (κ1) is 7.53. The summed E-state index contributed by atoms with van der Waals surface area (Å²) in [5.74, 6) is 0.429. The van der Waals surface area contributed by atoms with Crippen LogP contribution in [-0.4, -0.2) is 19.7 Å². The second kappa shape index (κ2) is 2.74. The SMILES string of the molecule is Nc1nc(N)n(-c2ccncc2)n1. The van der Waals surface area contributed by atoms with E-state index in [0.29, 0.717) is 0 Å². The topological polar surface area (TPSA) is 95.6 Å². The minimum Gasteiger partial charge on any atom is -0.368 e. The highest BCUT2D eigenvalue weighted by Gasteiger charge is 2.04. The van der Waals surface area contributed by atoms with Gasteiger partial charge in [-0.05, 0) is 12.1 Å². The summed E-state index contributed by atoms with van der Waals surface area (Å²) in [5.41, 5.74) is 11.7. The zero-order valence-corrected chi connectivity index (χ0v) is 6.75. The Morgan fingerprint density at radius 1 is 1.15 bits per heavy atom. The van der Waals surface area contributed by atoms with E-state index >= 15 is 0 Å². The van der Waals surface area contributed by atoms with Gasteiger partial charge in [0.05, 0.1) is 5.69 Å². The molecule has 0 aliphatic carbocycles. The quantitative estimate of drug-likeness (QED) is 0.628. The molecule has 0 amide bonds. The number of nitrogens with zero attached hydrogens (tertiary/aromatic N) is 4. The average Bonchev–Trinajstić information content (AvgIpc) is 2.47. The third-order valence-corrected chi connectivity index (χ3v) is 1.56. The van der Waals surface area contributed by atoms with Crippen molar-refractivity contribution in [2.45, 2.75) is 0 Å². The molecule has 0 aliphatic heterocycles. The molecule has 66 valence electrons. The van der Waals surface area contributed by atoms with E-state index in [2.05, 4.69) is 15.1 Å². The van der Waals surface area contributed by atoms with E-state index in [1.165, 1.54) is 4.68 Å². The molecule has 2 aromatic rings. The second-order valence-electron chi connectivity index (χ2n) is 2.45. The Kier molecular flexibility index (Phi) is 1.59. The molecule has 2 aromatic heterocycles. The summed E-state index contributed by atoms with van der Waals surface area (Å²) in [6, 6.07) is 3.54. The lowest BCUT2D eigenvalue weighted by Gasteiger charge is -1.99. The molecule has 2 rings (SSSR count). The first-order valence-corrected chi connectivity index (χ1v) is 3.66. The molecule has 13 heavy (non-hydrogen) atoms. The Labute approximate surface area is 74.2 Å². The first-order valence-electron chi connectivity index (χ1n) is 3.66. The van der Waals surface area contributed by atoms with Gasteiger partial charge in [0.2, 0.25) is 11.9 Å². The minimum atomic E-state index is 0.161. The maximum Gasteiger partial charge on any atom is 0.241 e. The van der Waals surface area contributed by atoms with Crippen molar-refractivity contribution in [3.63, 3.8) is 0 Å². The van der Waals surface area contributed by atoms with E-state index in [4.69, 9.17) is 11.5 Å². The number of hydrogen-bond donors (Lipinski definition) is 2. The second-order valence-corrected chi connectivity index (χ2v) is 2.45. The molecule has 0 aliphatic rings. The van der Waals surface area contributed by atoms with Gasteiger partial charge in [0.15, 0.2) is 0 Å². The molecule has 0 radical (unpaired) electrons. The lowest BCUT2D eigenvalue weighted by Crippen LogP contribution is -2.02. The third-order valence-electron chi connectivity index (χ3n) is 1.56. The Morgan fingerprint density at radius 2 is 1.85 bits per heavy atom. The van der Waals surface area contributed by atoms with Crippen LogP contribution in [0.3, 0.4) is 0 Å². The van der Waals surface area contributed by atoms with Crippen LogP contribution in [0.25, 0.3) is 5.69 Å². The predicted molar refractivity (Wildman–Crippen MR) is 48.0 cm³/mol. The van der Waals surface area contributed by atoms with Crippen molar-refractivity contribution in [1.82, 2.24) is 19.7 Å². The summed E-state index contributed by atoms with van der Waals surface area (Å²) in [4.78, 5) is 7.65. The molecule has 0 unspecified atom stereocenters. The number of hydrogen-bond acceptors (Lipinski definition) is 5. The molecule has 2 heterocycles. The van der Waals surface area contributed by atoms with E-state index in [9.17, 15) is 0 Å². The molecule has 6 nitrogen and oxygen atoms in total. The van der Waals surface area contributed by atoms with Gasteiger partial charge < -0.3 is 11.5 Å². The Balaban J connectivity index is 2.53. The Hall–Kier alpha value is -2.11. The van der Waals surface area contributed by atoms with Gasteiger partial charge in [0.1, 0.15) is 0 Å². The maximum absolute atomic E-state index is 5.56. The summed E-state index contributed by atoms with van der Waals surface area (Å²) in [7, 11) is 0. The molecule has 0 saturated heterocycles.